The van der Waals surface area contributed by atoms with Gasteiger partial charge in [0.15, 0.2) is 11.5 Å². The molecule has 0 radical (unpaired) electrons. The Kier molecular flexibility index (Phi) is 5.41. The van der Waals surface area contributed by atoms with E-state index in [4.69, 9.17) is 9.47 Å². The van der Waals surface area contributed by atoms with Gasteiger partial charge in [-0.05, 0) is 61.6 Å². The zero-order valence-electron chi connectivity index (χ0n) is 15.6. The minimum absolute atomic E-state index is 0.205. The van der Waals surface area contributed by atoms with Gasteiger partial charge < -0.3 is 9.47 Å². The van der Waals surface area contributed by atoms with E-state index in [0.717, 1.165) is 16.7 Å². The quantitative estimate of drug-likeness (QED) is 0.787. The molecule has 6 nitrogen and oxygen atoms in total. The molecule has 0 heterocycles. The number of nitrogens with one attached hydrogen (secondary N) is 1. The summed E-state index contributed by atoms with van der Waals surface area (Å²) in [5.41, 5.74) is 3.49. The summed E-state index contributed by atoms with van der Waals surface area (Å²) in [5.74, 6) is 0.195. The van der Waals surface area contributed by atoms with E-state index in [1.807, 2.05) is 32.0 Å². The average Bonchev–Trinajstić information content (AvgIpc) is 3.46. The van der Waals surface area contributed by atoms with Crippen LogP contribution in [0.2, 0.25) is 0 Å². The molecule has 1 aliphatic carbocycles. The number of benzene rings is 2. The van der Waals surface area contributed by atoms with Crippen LogP contribution < -0.4 is 14.2 Å². The van der Waals surface area contributed by atoms with Gasteiger partial charge in [0.05, 0.1) is 12.4 Å². The number of ether oxygens (including phenoxy) is 2. The zero-order chi connectivity index (χ0) is 19.6. The van der Waals surface area contributed by atoms with Crippen molar-refractivity contribution in [3.63, 3.8) is 0 Å². The maximum Gasteiger partial charge on any atom is 0.264 e. The molecule has 1 N–H and O–H groups in total. The Hall–Kier alpha value is -2.54. The van der Waals surface area contributed by atoms with Crippen molar-refractivity contribution in [2.24, 2.45) is 0 Å². The summed E-state index contributed by atoms with van der Waals surface area (Å²) in [6, 6.07) is 10.6. The molecular weight excluding hydrogens is 366 g/mol. The number of hydrogen-bond acceptors (Lipinski definition) is 5. The Labute approximate surface area is 159 Å². The van der Waals surface area contributed by atoms with Crippen LogP contribution in [0.3, 0.4) is 0 Å². The van der Waals surface area contributed by atoms with Gasteiger partial charge in [-0.15, -0.1) is 0 Å². The van der Waals surface area contributed by atoms with Crippen LogP contribution in [0.4, 0.5) is 0 Å². The normalized spacial score (nSPS) is 13.9. The van der Waals surface area contributed by atoms with Crippen molar-refractivity contribution in [2.75, 3.05) is 7.11 Å². The number of carbonyl (C=O) groups excluding carboxylic acids is 1. The number of aryl methyl sites for hydroxylation is 2. The van der Waals surface area contributed by atoms with Gasteiger partial charge in [0.2, 0.25) is 10.0 Å². The highest BCUT2D eigenvalue weighted by Crippen LogP contribution is 2.31. The first-order valence-electron chi connectivity index (χ1n) is 8.73. The lowest BCUT2D eigenvalue weighted by molar-refractivity contribution is 0.0980. The summed E-state index contributed by atoms with van der Waals surface area (Å²) < 4.78 is 37.3. The second-order valence-corrected chi connectivity index (χ2v) is 8.66. The van der Waals surface area contributed by atoms with E-state index in [1.165, 1.54) is 19.2 Å². The van der Waals surface area contributed by atoms with E-state index in [-0.39, 0.29) is 5.56 Å². The third kappa shape index (κ3) is 4.42. The van der Waals surface area contributed by atoms with Crippen LogP contribution >= 0.6 is 0 Å². The predicted molar refractivity (Wildman–Crippen MR) is 103 cm³/mol. The monoisotopic (exact) mass is 389 g/mol. The number of methoxy groups -OCH3 is 1. The maximum atomic E-state index is 12.3. The lowest BCUT2D eigenvalue weighted by atomic mass is 10.0. The summed E-state index contributed by atoms with van der Waals surface area (Å²) in [5, 5.41) is -0.459. The van der Waals surface area contributed by atoms with Gasteiger partial charge in [-0.25, -0.2) is 13.1 Å². The second-order valence-electron chi connectivity index (χ2n) is 6.70. The first-order chi connectivity index (χ1) is 12.8. The molecule has 1 fully saturated rings. The van der Waals surface area contributed by atoms with Crippen molar-refractivity contribution in [1.29, 1.82) is 0 Å². The summed E-state index contributed by atoms with van der Waals surface area (Å²) >= 11 is 0. The molecule has 0 spiro atoms. The lowest BCUT2D eigenvalue weighted by Gasteiger charge is -2.15. The average molecular weight is 389 g/mol. The van der Waals surface area contributed by atoms with Crippen LogP contribution in [-0.2, 0) is 16.6 Å². The molecule has 27 heavy (non-hydrogen) atoms. The highest BCUT2D eigenvalue weighted by atomic mass is 32.2. The molecule has 0 aliphatic heterocycles. The van der Waals surface area contributed by atoms with Crippen LogP contribution in [0.15, 0.2) is 36.4 Å². The number of hydrogen-bond donors (Lipinski definition) is 1. The number of carbonyl (C=O) groups is 1. The molecule has 0 saturated heterocycles. The van der Waals surface area contributed by atoms with Crippen LogP contribution in [0.25, 0.3) is 0 Å². The Morgan fingerprint density at radius 1 is 1.11 bits per heavy atom. The topological polar surface area (TPSA) is 81.7 Å². The smallest absolute Gasteiger partial charge is 0.264 e. The Balaban J connectivity index is 1.80. The van der Waals surface area contributed by atoms with Crippen molar-refractivity contribution in [2.45, 2.75) is 38.5 Å². The molecule has 1 amide bonds. The predicted octanol–water partition coefficient (Wildman–Crippen LogP) is 3.11. The highest BCUT2D eigenvalue weighted by molar-refractivity contribution is 7.91. The van der Waals surface area contributed by atoms with E-state index in [0.29, 0.717) is 30.9 Å². The molecule has 0 aromatic heterocycles. The van der Waals surface area contributed by atoms with Crippen LogP contribution in [0.1, 0.15) is 39.9 Å². The maximum absolute atomic E-state index is 12.3. The molecule has 7 heteroatoms. The molecular formula is C20H23NO5S. The van der Waals surface area contributed by atoms with E-state index < -0.39 is 21.2 Å². The summed E-state index contributed by atoms with van der Waals surface area (Å²) in [6.45, 7) is 4.34. The number of amides is 1. The second kappa shape index (κ2) is 7.60. The summed E-state index contributed by atoms with van der Waals surface area (Å²) in [4.78, 5) is 12.3. The molecule has 2 aromatic rings. The zero-order valence-corrected chi connectivity index (χ0v) is 16.4. The molecule has 2 aromatic carbocycles. The fourth-order valence-electron chi connectivity index (χ4n) is 2.81. The van der Waals surface area contributed by atoms with Gasteiger partial charge in [0.25, 0.3) is 5.91 Å². The molecule has 0 unspecified atom stereocenters. The Morgan fingerprint density at radius 3 is 2.37 bits per heavy atom. The molecule has 1 saturated carbocycles. The molecule has 3 rings (SSSR count). The van der Waals surface area contributed by atoms with Gasteiger partial charge in [0, 0.05) is 5.56 Å². The SMILES string of the molecule is COc1ccc(C(=O)NS(=O)(=O)C2CC2)cc1OCc1c(C)cccc1C. The van der Waals surface area contributed by atoms with Crippen LogP contribution in [0.5, 0.6) is 11.5 Å². The van der Waals surface area contributed by atoms with E-state index in [9.17, 15) is 13.2 Å². The van der Waals surface area contributed by atoms with E-state index >= 15 is 0 Å². The Morgan fingerprint density at radius 2 is 1.78 bits per heavy atom. The third-order valence-corrected chi connectivity index (χ3v) is 6.46. The van der Waals surface area contributed by atoms with Crippen molar-refractivity contribution in [1.82, 2.24) is 4.72 Å². The lowest BCUT2D eigenvalue weighted by Crippen LogP contribution is -2.33. The summed E-state index contributed by atoms with van der Waals surface area (Å²) in [7, 11) is -2.09. The van der Waals surface area contributed by atoms with Gasteiger partial charge in [-0.1, -0.05) is 18.2 Å². The largest absolute Gasteiger partial charge is 0.493 e. The van der Waals surface area contributed by atoms with Crippen molar-refractivity contribution in [3.05, 3.63) is 58.7 Å². The number of sulfonamides is 1. The summed E-state index contributed by atoms with van der Waals surface area (Å²) in [6.07, 6.45) is 1.19. The molecule has 1 aliphatic rings. The minimum atomic E-state index is -3.60. The number of rotatable bonds is 7. The van der Waals surface area contributed by atoms with Crippen LogP contribution in [0, 0.1) is 13.8 Å². The van der Waals surface area contributed by atoms with Gasteiger partial charge in [0.1, 0.15) is 6.61 Å². The third-order valence-electron chi connectivity index (χ3n) is 4.64. The highest BCUT2D eigenvalue weighted by Gasteiger charge is 2.37. The van der Waals surface area contributed by atoms with Gasteiger partial charge in [-0.2, -0.15) is 0 Å². The fourth-order valence-corrected chi connectivity index (χ4v) is 4.11. The molecule has 144 valence electrons. The van der Waals surface area contributed by atoms with E-state index in [1.54, 1.807) is 6.07 Å². The van der Waals surface area contributed by atoms with Crippen molar-refractivity contribution in [3.8, 4) is 11.5 Å². The van der Waals surface area contributed by atoms with Gasteiger partial charge >= 0.3 is 0 Å². The van der Waals surface area contributed by atoms with Crippen molar-refractivity contribution < 1.29 is 22.7 Å². The van der Waals surface area contributed by atoms with Gasteiger partial charge in [-0.3, -0.25) is 4.79 Å². The molecule has 0 atom stereocenters. The molecule has 0 bridgehead atoms. The van der Waals surface area contributed by atoms with Crippen molar-refractivity contribution >= 4 is 15.9 Å². The van der Waals surface area contributed by atoms with E-state index in [2.05, 4.69) is 4.72 Å². The first-order valence-corrected chi connectivity index (χ1v) is 10.3. The standard InChI is InChI=1S/C20H23NO5S/c1-13-5-4-6-14(2)17(13)12-26-19-11-15(7-10-18(19)25-3)20(22)21-27(23,24)16-8-9-16/h4-7,10-11,16H,8-9,12H2,1-3H3,(H,21,22). The first kappa shape index (κ1) is 19.2. The Bertz CT molecular complexity index is 944. The minimum Gasteiger partial charge on any atom is -0.493 e. The van der Waals surface area contributed by atoms with Crippen LogP contribution in [-0.4, -0.2) is 26.7 Å². The fraction of sp³-hybridized carbons (Fsp3) is 0.350.